The number of nitrogens with zero attached hydrogens (tertiary/aromatic N) is 2. The second-order valence-electron chi connectivity index (χ2n) is 6.01. The number of rotatable bonds is 2. The topological polar surface area (TPSA) is 51.0 Å². The van der Waals surface area contributed by atoms with Gasteiger partial charge in [-0.25, -0.2) is 9.97 Å². The fraction of sp³-hybridized carbons (Fsp3) is 0.412. The van der Waals surface area contributed by atoms with Gasteiger partial charge in [-0.2, -0.15) is 0 Å². The van der Waals surface area contributed by atoms with Gasteiger partial charge >= 0.3 is 0 Å². The predicted molar refractivity (Wildman–Crippen MR) is 84.4 cm³/mol. The molecule has 1 aliphatic carbocycles. The van der Waals surface area contributed by atoms with Crippen molar-refractivity contribution in [2.24, 2.45) is 5.92 Å². The Kier molecular flexibility index (Phi) is 3.02. The lowest BCUT2D eigenvalue weighted by Gasteiger charge is -2.29. The van der Waals surface area contributed by atoms with Gasteiger partial charge in [0.2, 0.25) is 0 Å². The zero-order chi connectivity index (χ0) is 14.2. The van der Waals surface area contributed by atoms with Gasteiger partial charge in [0.25, 0.3) is 0 Å². The summed E-state index contributed by atoms with van der Waals surface area (Å²) in [5, 5.41) is 4.64. The molecule has 1 aromatic carbocycles. The summed E-state index contributed by atoms with van der Waals surface area (Å²) in [4.78, 5) is 8.81. The molecule has 0 amide bonds. The first-order valence-corrected chi connectivity index (χ1v) is 7.72. The number of nitrogens with one attached hydrogen (secondary N) is 1. The number of hydrogen-bond acceptors (Lipinski definition) is 4. The van der Waals surface area contributed by atoms with Crippen molar-refractivity contribution in [1.82, 2.24) is 9.97 Å². The predicted octanol–water partition coefficient (Wildman–Crippen LogP) is 4.37. The molecule has 1 N–H and O–H groups in total. The molecule has 2 atom stereocenters. The largest absolute Gasteiger partial charge is 0.450 e. The number of anilines is 1. The highest BCUT2D eigenvalue weighted by molar-refractivity contribution is 6.05. The third-order valence-electron chi connectivity index (χ3n) is 4.59. The highest BCUT2D eigenvalue weighted by Crippen LogP contribution is 2.32. The lowest BCUT2D eigenvalue weighted by atomic mass is 9.86. The van der Waals surface area contributed by atoms with E-state index < -0.39 is 0 Å². The van der Waals surface area contributed by atoms with Crippen LogP contribution in [-0.4, -0.2) is 16.0 Å². The Hall–Kier alpha value is -2.10. The standard InChI is InChI=1S/C17H19N3O/c1-11-6-2-4-8-13(11)20-17-16-15(18-10-19-17)12-7-3-5-9-14(12)21-16/h3,5,7,9-11,13H,2,4,6,8H2,1H3,(H,18,19,20)/t11-,13+/m0/s1. The summed E-state index contributed by atoms with van der Waals surface area (Å²) in [6.45, 7) is 2.31. The minimum atomic E-state index is 0.477. The summed E-state index contributed by atoms with van der Waals surface area (Å²) in [6, 6.07) is 8.49. The van der Waals surface area contributed by atoms with E-state index in [9.17, 15) is 0 Å². The summed E-state index contributed by atoms with van der Waals surface area (Å²) < 4.78 is 5.97. The molecule has 1 aliphatic rings. The summed E-state index contributed by atoms with van der Waals surface area (Å²) in [5.41, 5.74) is 2.54. The van der Waals surface area contributed by atoms with Crippen molar-refractivity contribution < 1.29 is 4.42 Å². The number of furan rings is 1. The maximum atomic E-state index is 5.97. The van der Waals surface area contributed by atoms with Crippen LogP contribution < -0.4 is 5.32 Å². The molecule has 4 rings (SSSR count). The molecule has 1 fully saturated rings. The smallest absolute Gasteiger partial charge is 0.196 e. The van der Waals surface area contributed by atoms with Crippen LogP contribution in [0.4, 0.5) is 5.82 Å². The van der Waals surface area contributed by atoms with Crippen LogP contribution in [0.25, 0.3) is 22.1 Å². The van der Waals surface area contributed by atoms with Crippen LogP contribution in [0, 0.1) is 5.92 Å². The molecule has 0 bridgehead atoms. The summed E-state index contributed by atoms with van der Waals surface area (Å²) in [5.74, 6) is 1.50. The molecule has 3 aromatic rings. The van der Waals surface area contributed by atoms with E-state index >= 15 is 0 Å². The molecule has 0 saturated heterocycles. The maximum absolute atomic E-state index is 5.97. The third-order valence-corrected chi connectivity index (χ3v) is 4.59. The van der Waals surface area contributed by atoms with E-state index in [-0.39, 0.29) is 0 Å². The van der Waals surface area contributed by atoms with Gasteiger partial charge in [0.15, 0.2) is 11.4 Å². The SMILES string of the molecule is C[C@H]1CCCC[C@H]1Nc1ncnc2c1oc1ccccc12. The van der Waals surface area contributed by atoms with Gasteiger partial charge in [-0.15, -0.1) is 0 Å². The first-order chi connectivity index (χ1) is 10.3. The second kappa shape index (κ2) is 5.02. The van der Waals surface area contributed by atoms with Crippen molar-refractivity contribution in [3.8, 4) is 0 Å². The van der Waals surface area contributed by atoms with E-state index in [1.165, 1.54) is 25.7 Å². The van der Waals surface area contributed by atoms with Crippen LogP contribution in [-0.2, 0) is 0 Å². The van der Waals surface area contributed by atoms with Gasteiger partial charge in [-0.1, -0.05) is 31.9 Å². The molecule has 108 valence electrons. The van der Waals surface area contributed by atoms with Crippen molar-refractivity contribution in [2.45, 2.75) is 38.6 Å². The first kappa shape index (κ1) is 12.6. The van der Waals surface area contributed by atoms with Gasteiger partial charge in [-0.3, -0.25) is 0 Å². The average Bonchev–Trinajstić information content (AvgIpc) is 2.89. The number of para-hydroxylation sites is 1. The molecule has 4 heteroatoms. The van der Waals surface area contributed by atoms with E-state index in [4.69, 9.17) is 4.42 Å². The summed E-state index contributed by atoms with van der Waals surface area (Å²) in [7, 11) is 0. The molecule has 2 aromatic heterocycles. The third kappa shape index (κ3) is 2.15. The molecule has 4 nitrogen and oxygen atoms in total. The van der Waals surface area contributed by atoms with Crippen molar-refractivity contribution in [1.29, 1.82) is 0 Å². The average molecular weight is 281 g/mol. The van der Waals surface area contributed by atoms with Crippen LogP contribution in [0.2, 0.25) is 0 Å². The quantitative estimate of drug-likeness (QED) is 0.758. The van der Waals surface area contributed by atoms with Crippen molar-refractivity contribution in [3.05, 3.63) is 30.6 Å². The minimum Gasteiger partial charge on any atom is -0.450 e. The van der Waals surface area contributed by atoms with Crippen LogP contribution in [0.5, 0.6) is 0 Å². The van der Waals surface area contributed by atoms with Crippen molar-refractivity contribution in [2.75, 3.05) is 5.32 Å². The highest BCUT2D eigenvalue weighted by atomic mass is 16.3. The fourth-order valence-electron chi connectivity index (χ4n) is 3.33. The molecular weight excluding hydrogens is 262 g/mol. The Balaban J connectivity index is 1.78. The molecule has 0 aliphatic heterocycles. The number of benzene rings is 1. The number of fused-ring (bicyclic) bond motifs is 3. The second-order valence-corrected chi connectivity index (χ2v) is 6.01. The van der Waals surface area contributed by atoms with Crippen LogP contribution in [0.3, 0.4) is 0 Å². The van der Waals surface area contributed by atoms with E-state index in [1.807, 2.05) is 24.3 Å². The zero-order valence-electron chi connectivity index (χ0n) is 12.2. The Bertz CT molecular complexity index is 780. The van der Waals surface area contributed by atoms with E-state index in [1.54, 1.807) is 6.33 Å². The normalized spacial score (nSPS) is 22.7. The van der Waals surface area contributed by atoms with Crippen molar-refractivity contribution in [3.63, 3.8) is 0 Å². The van der Waals surface area contributed by atoms with Gasteiger partial charge in [-0.05, 0) is 30.9 Å². The first-order valence-electron chi connectivity index (χ1n) is 7.72. The van der Waals surface area contributed by atoms with Crippen LogP contribution in [0.1, 0.15) is 32.6 Å². The number of hydrogen-bond donors (Lipinski definition) is 1. The zero-order valence-corrected chi connectivity index (χ0v) is 12.2. The van der Waals surface area contributed by atoms with Gasteiger partial charge in [0.1, 0.15) is 17.4 Å². The minimum absolute atomic E-state index is 0.477. The molecule has 0 radical (unpaired) electrons. The Morgan fingerprint density at radius 3 is 2.90 bits per heavy atom. The van der Waals surface area contributed by atoms with Gasteiger partial charge in [0.05, 0.1) is 0 Å². The monoisotopic (exact) mass is 281 g/mol. The van der Waals surface area contributed by atoms with E-state index in [0.717, 1.165) is 27.9 Å². The molecule has 1 saturated carbocycles. The maximum Gasteiger partial charge on any atom is 0.196 e. The molecule has 0 spiro atoms. The van der Waals surface area contributed by atoms with E-state index in [0.29, 0.717) is 12.0 Å². The Labute approximate surface area is 123 Å². The molecular formula is C17H19N3O. The summed E-state index contributed by atoms with van der Waals surface area (Å²) >= 11 is 0. The Morgan fingerprint density at radius 2 is 2.00 bits per heavy atom. The lowest BCUT2D eigenvalue weighted by molar-refractivity contribution is 0.349. The van der Waals surface area contributed by atoms with Crippen molar-refractivity contribution >= 4 is 27.9 Å². The van der Waals surface area contributed by atoms with Crippen LogP contribution >= 0.6 is 0 Å². The highest BCUT2D eigenvalue weighted by Gasteiger charge is 2.23. The lowest BCUT2D eigenvalue weighted by Crippen LogP contribution is -2.30. The summed E-state index contributed by atoms with van der Waals surface area (Å²) in [6.07, 6.45) is 6.73. The molecule has 21 heavy (non-hydrogen) atoms. The molecule has 2 heterocycles. The van der Waals surface area contributed by atoms with Gasteiger partial charge < -0.3 is 9.73 Å². The Morgan fingerprint density at radius 1 is 1.14 bits per heavy atom. The number of aromatic nitrogens is 2. The van der Waals surface area contributed by atoms with E-state index in [2.05, 4.69) is 22.2 Å². The van der Waals surface area contributed by atoms with Gasteiger partial charge in [0, 0.05) is 11.4 Å². The molecule has 0 unspecified atom stereocenters. The fourth-order valence-corrected chi connectivity index (χ4v) is 3.33. The van der Waals surface area contributed by atoms with Crippen LogP contribution in [0.15, 0.2) is 35.0 Å².